The first-order valence-corrected chi connectivity index (χ1v) is 4.48. The standard InChI is InChI=1S/C10H10N2O/c11-8-5-13-10-9(8)7(3-4-12-10)6-1-2-6/h3-6H,1-2,11H2. The molecule has 0 unspecified atom stereocenters. The van der Waals surface area contributed by atoms with Gasteiger partial charge >= 0.3 is 0 Å². The Balaban J connectivity index is 2.36. The van der Waals surface area contributed by atoms with Gasteiger partial charge in [-0.15, -0.1) is 0 Å². The fourth-order valence-corrected chi connectivity index (χ4v) is 1.75. The molecule has 3 heteroatoms. The monoisotopic (exact) mass is 174 g/mol. The van der Waals surface area contributed by atoms with Gasteiger partial charge < -0.3 is 10.2 Å². The van der Waals surface area contributed by atoms with Crippen LogP contribution in [-0.4, -0.2) is 4.98 Å². The minimum Gasteiger partial charge on any atom is -0.444 e. The first-order valence-electron chi connectivity index (χ1n) is 4.48. The normalized spacial score (nSPS) is 16.6. The number of hydrogen-bond acceptors (Lipinski definition) is 3. The zero-order valence-electron chi connectivity index (χ0n) is 7.16. The van der Waals surface area contributed by atoms with Crippen molar-refractivity contribution in [2.24, 2.45) is 0 Å². The Hall–Kier alpha value is -1.51. The molecule has 0 spiro atoms. The van der Waals surface area contributed by atoms with Gasteiger partial charge in [-0.3, -0.25) is 0 Å². The maximum absolute atomic E-state index is 5.81. The van der Waals surface area contributed by atoms with Crippen LogP contribution in [0.3, 0.4) is 0 Å². The fraction of sp³-hybridized carbons (Fsp3) is 0.300. The Labute approximate surface area is 75.6 Å². The van der Waals surface area contributed by atoms with E-state index in [9.17, 15) is 0 Å². The Morgan fingerprint density at radius 1 is 1.46 bits per heavy atom. The molecule has 0 aliphatic heterocycles. The summed E-state index contributed by atoms with van der Waals surface area (Å²) in [5.41, 5.74) is 8.49. The van der Waals surface area contributed by atoms with Crippen molar-refractivity contribution in [3.05, 3.63) is 24.1 Å². The molecule has 1 fully saturated rings. The number of hydrogen-bond donors (Lipinski definition) is 1. The van der Waals surface area contributed by atoms with Gasteiger partial charge in [0.2, 0.25) is 5.71 Å². The van der Waals surface area contributed by atoms with E-state index in [1.165, 1.54) is 18.4 Å². The molecular weight excluding hydrogens is 164 g/mol. The molecule has 3 rings (SSSR count). The number of nitrogens with zero attached hydrogens (tertiary/aromatic N) is 1. The summed E-state index contributed by atoms with van der Waals surface area (Å²) in [7, 11) is 0. The lowest BCUT2D eigenvalue weighted by Gasteiger charge is -1.98. The van der Waals surface area contributed by atoms with Crippen LogP contribution >= 0.6 is 0 Å². The van der Waals surface area contributed by atoms with Crippen LogP contribution < -0.4 is 5.73 Å². The van der Waals surface area contributed by atoms with E-state index >= 15 is 0 Å². The Kier molecular flexibility index (Phi) is 1.20. The summed E-state index contributed by atoms with van der Waals surface area (Å²) in [5.74, 6) is 0.686. The third-order valence-electron chi connectivity index (χ3n) is 2.55. The zero-order valence-corrected chi connectivity index (χ0v) is 7.16. The second-order valence-corrected chi connectivity index (χ2v) is 3.55. The molecule has 2 aromatic heterocycles. The molecule has 2 aromatic rings. The lowest BCUT2D eigenvalue weighted by atomic mass is 10.1. The predicted octanol–water partition coefficient (Wildman–Crippen LogP) is 2.29. The second-order valence-electron chi connectivity index (χ2n) is 3.55. The topological polar surface area (TPSA) is 52.0 Å². The van der Waals surface area contributed by atoms with Crippen molar-refractivity contribution in [2.45, 2.75) is 18.8 Å². The summed E-state index contributed by atoms with van der Waals surface area (Å²) in [4.78, 5) is 4.13. The molecular formula is C10H10N2O. The summed E-state index contributed by atoms with van der Waals surface area (Å²) in [6.07, 6.45) is 5.90. The van der Waals surface area contributed by atoms with Crippen LogP contribution in [0.2, 0.25) is 0 Å². The number of aromatic nitrogens is 1. The summed E-state index contributed by atoms with van der Waals surface area (Å²) in [6, 6.07) is 2.05. The first-order chi connectivity index (χ1) is 6.36. The van der Waals surface area contributed by atoms with Gasteiger partial charge in [0.05, 0.1) is 11.1 Å². The molecule has 0 saturated heterocycles. The molecule has 3 nitrogen and oxygen atoms in total. The van der Waals surface area contributed by atoms with Crippen molar-refractivity contribution in [3.8, 4) is 0 Å². The SMILES string of the molecule is Nc1coc2nccc(C3CC3)c12. The minimum atomic E-state index is 0.668. The molecule has 2 N–H and O–H groups in total. The maximum Gasteiger partial charge on any atom is 0.228 e. The summed E-state index contributed by atoms with van der Waals surface area (Å²) in [5, 5.41) is 1.02. The van der Waals surface area contributed by atoms with Crippen molar-refractivity contribution in [1.29, 1.82) is 0 Å². The van der Waals surface area contributed by atoms with Crippen LogP contribution in [0.5, 0.6) is 0 Å². The highest BCUT2D eigenvalue weighted by molar-refractivity contribution is 5.90. The number of nitrogen functional groups attached to an aromatic ring is 1. The van der Waals surface area contributed by atoms with E-state index in [0.717, 1.165) is 5.39 Å². The van der Waals surface area contributed by atoms with Gasteiger partial charge in [-0.25, -0.2) is 4.98 Å². The number of rotatable bonds is 1. The first kappa shape index (κ1) is 6.95. The van der Waals surface area contributed by atoms with Gasteiger partial charge in [0.25, 0.3) is 0 Å². The largest absolute Gasteiger partial charge is 0.444 e. The van der Waals surface area contributed by atoms with Crippen LogP contribution in [0.15, 0.2) is 22.9 Å². The van der Waals surface area contributed by atoms with Gasteiger partial charge in [0, 0.05) is 6.20 Å². The Morgan fingerprint density at radius 3 is 3.08 bits per heavy atom. The van der Waals surface area contributed by atoms with Crippen molar-refractivity contribution < 1.29 is 4.42 Å². The lowest BCUT2D eigenvalue weighted by molar-refractivity contribution is 0.604. The van der Waals surface area contributed by atoms with Gasteiger partial charge in [0.15, 0.2) is 0 Å². The van der Waals surface area contributed by atoms with Crippen molar-refractivity contribution in [1.82, 2.24) is 4.98 Å². The van der Waals surface area contributed by atoms with E-state index in [1.807, 2.05) is 6.07 Å². The summed E-state index contributed by atoms with van der Waals surface area (Å²) >= 11 is 0. The van der Waals surface area contributed by atoms with Crippen molar-refractivity contribution in [2.75, 3.05) is 5.73 Å². The molecule has 2 heterocycles. The average Bonchev–Trinajstić information content (AvgIpc) is 2.92. The molecule has 0 atom stereocenters. The van der Waals surface area contributed by atoms with E-state index in [4.69, 9.17) is 10.2 Å². The molecule has 0 radical (unpaired) electrons. The predicted molar refractivity (Wildman–Crippen MR) is 50.4 cm³/mol. The van der Waals surface area contributed by atoms with E-state index in [1.54, 1.807) is 12.5 Å². The maximum atomic E-state index is 5.81. The van der Waals surface area contributed by atoms with E-state index in [-0.39, 0.29) is 0 Å². The number of furan rings is 1. The second kappa shape index (κ2) is 2.25. The van der Waals surface area contributed by atoms with Gasteiger partial charge in [-0.05, 0) is 30.4 Å². The van der Waals surface area contributed by atoms with Gasteiger partial charge in [-0.2, -0.15) is 0 Å². The third kappa shape index (κ3) is 0.932. The van der Waals surface area contributed by atoms with Crippen molar-refractivity contribution >= 4 is 16.8 Å². The fourth-order valence-electron chi connectivity index (χ4n) is 1.75. The minimum absolute atomic E-state index is 0.668. The average molecular weight is 174 g/mol. The third-order valence-corrected chi connectivity index (χ3v) is 2.55. The smallest absolute Gasteiger partial charge is 0.228 e. The number of fused-ring (bicyclic) bond motifs is 1. The molecule has 0 amide bonds. The van der Waals surface area contributed by atoms with Crippen LogP contribution in [0, 0.1) is 0 Å². The molecule has 13 heavy (non-hydrogen) atoms. The van der Waals surface area contributed by atoms with Gasteiger partial charge in [0.1, 0.15) is 6.26 Å². The molecule has 1 aliphatic carbocycles. The Bertz CT molecular complexity index is 457. The van der Waals surface area contributed by atoms with Crippen LogP contribution in [-0.2, 0) is 0 Å². The number of pyridine rings is 1. The molecule has 1 saturated carbocycles. The van der Waals surface area contributed by atoms with Gasteiger partial charge in [-0.1, -0.05) is 0 Å². The molecule has 1 aliphatic rings. The highest BCUT2D eigenvalue weighted by Crippen LogP contribution is 2.44. The zero-order chi connectivity index (χ0) is 8.84. The van der Waals surface area contributed by atoms with E-state index in [2.05, 4.69) is 4.98 Å². The number of nitrogens with two attached hydrogens (primary N) is 1. The van der Waals surface area contributed by atoms with Crippen LogP contribution in [0.1, 0.15) is 24.3 Å². The lowest BCUT2D eigenvalue weighted by Crippen LogP contribution is -1.87. The molecule has 0 bridgehead atoms. The Morgan fingerprint density at radius 2 is 2.31 bits per heavy atom. The number of anilines is 1. The molecule has 0 aromatic carbocycles. The highest BCUT2D eigenvalue weighted by atomic mass is 16.3. The van der Waals surface area contributed by atoms with Crippen LogP contribution in [0.25, 0.3) is 11.1 Å². The molecule has 66 valence electrons. The summed E-state index contributed by atoms with van der Waals surface area (Å²) < 4.78 is 5.23. The summed E-state index contributed by atoms with van der Waals surface area (Å²) in [6.45, 7) is 0. The highest BCUT2D eigenvalue weighted by Gasteiger charge is 2.26. The van der Waals surface area contributed by atoms with Crippen LogP contribution in [0.4, 0.5) is 5.69 Å². The quantitative estimate of drug-likeness (QED) is 0.721. The van der Waals surface area contributed by atoms with E-state index in [0.29, 0.717) is 17.3 Å². The van der Waals surface area contributed by atoms with E-state index < -0.39 is 0 Å². The van der Waals surface area contributed by atoms with Crippen molar-refractivity contribution in [3.63, 3.8) is 0 Å².